The number of benzene rings is 1. The Morgan fingerprint density at radius 1 is 1.18 bits per heavy atom. The third-order valence-corrected chi connectivity index (χ3v) is 2.69. The third-order valence-electron chi connectivity index (χ3n) is 2.38. The van der Waals surface area contributed by atoms with E-state index in [0.717, 1.165) is 5.56 Å². The van der Waals surface area contributed by atoms with Gasteiger partial charge in [-0.25, -0.2) is 4.98 Å². The Morgan fingerprint density at radius 2 is 1.94 bits per heavy atom. The first-order chi connectivity index (χ1) is 8.24. The van der Waals surface area contributed by atoms with Gasteiger partial charge in [0.25, 0.3) is 0 Å². The van der Waals surface area contributed by atoms with Crippen LogP contribution in [0.2, 0.25) is 5.02 Å². The summed E-state index contributed by atoms with van der Waals surface area (Å²) in [4.78, 5) is 8.22. The number of hydrogen-bond acceptors (Lipinski definition) is 4. The van der Waals surface area contributed by atoms with Gasteiger partial charge in [-0.2, -0.15) is 0 Å². The Bertz CT molecular complexity index is 641. The summed E-state index contributed by atoms with van der Waals surface area (Å²) in [5.74, 6) is 0.459. The molecule has 1 N–H and O–H groups in total. The fourth-order valence-corrected chi connectivity index (χ4v) is 1.71. The van der Waals surface area contributed by atoms with Crippen molar-refractivity contribution in [3.63, 3.8) is 0 Å². The topological polar surface area (TPSA) is 59.2 Å². The number of phenols is 1. The maximum atomic E-state index is 9.47. The van der Waals surface area contributed by atoms with E-state index in [0.29, 0.717) is 17.0 Å². The van der Waals surface area contributed by atoms with Gasteiger partial charge in [-0.15, -0.1) is 0 Å². The lowest BCUT2D eigenvalue weighted by atomic mass is 10.3. The minimum atomic E-state index is -0.0170. The van der Waals surface area contributed by atoms with Gasteiger partial charge in [0.15, 0.2) is 5.58 Å². The highest BCUT2D eigenvalue weighted by molar-refractivity contribution is 6.32. The van der Waals surface area contributed by atoms with E-state index in [9.17, 15) is 5.11 Å². The Kier molecular flexibility index (Phi) is 2.23. The first kappa shape index (κ1) is 10.1. The quantitative estimate of drug-likeness (QED) is 0.716. The first-order valence-corrected chi connectivity index (χ1v) is 5.31. The van der Waals surface area contributed by atoms with E-state index in [1.807, 2.05) is 0 Å². The molecular weight excluding hydrogens is 240 g/mol. The number of pyridine rings is 1. The fourth-order valence-electron chi connectivity index (χ4n) is 1.56. The van der Waals surface area contributed by atoms with Crippen LogP contribution in [0.1, 0.15) is 0 Å². The second-order valence-electron chi connectivity index (χ2n) is 3.53. The lowest BCUT2D eigenvalue weighted by molar-refractivity contribution is 0.475. The molecule has 0 radical (unpaired) electrons. The van der Waals surface area contributed by atoms with Crippen molar-refractivity contribution < 1.29 is 9.52 Å². The van der Waals surface area contributed by atoms with Crippen LogP contribution in [-0.2, 0) is 0 Å². The standard InChI is InChI=1S/C12H7ClN2O2/c13-8-5-9-11(6-10(8)16)17-12(15-9)7-1-3-14-4-2-7/h1-6,16H. The molecule has 2 heterocycles. The normalized spacial score (nSPS) is 10.9. The van der Waals surface area contributed by atoms with Gasteiger partial charge in [0.05, 0.1) is 5.02 Å². The molecule has 1 aromatic carbocycles. The average Bonchev–Trinajstić information content (AvgIpc) is 2.74. The number of aromatic nitrogens is 2. The van der Waals surface area contributed by atoms with Gasteiger partial charge in [0.1, 0.15) is 11.3 Å². The van der Waals surface area contributed by atoms with E-state index in [-0.39, 0.29) is 10.8 Å². The zero-order valence-electron chi connectivity index (χ0n) is 8.59. The molecule has 0 aliphatic rings. The predicted molar refractivity (Wildman–Crippen MR) is 63.9 cm³/mol. The molecule has 3 aromatic rings. The summed E-state index contributed by atoms with van der Waals surface area (Å²) in [5, 5.41) is 9.72. The van der Waals surface area contributed by atoms with Gasteiger partial charge < -0.3 is 9.52 Å². The highest BCUT2D eigenvalue weighted by atomic mass is 35.5. The molecule has 4 nitrogen and oxygen atoms in total. The summed E-state index contributed by atoms with van der Waals surface area (Å²) in [6.45, 7) is 0. The summed E-state index contributed by atoms with van der Waals surface area (Å²) in [5.41, 5.74) is 1.94. The zero-order chi connectivity index (χ0) is 11.8. The van der Waals surface area contributed by atoms with Crippen molar-refractivity contribution in [1.29, 1.82) is 0 Å². The van der Waals surface area contributed by atoms with Gasteiger partial charge in [0, 0.05) is 24.0 Å². The number of phenolic OH excluding ortho intramolecular Hbond substituents is 1. The zero-order valence-corrected chi connectivity index (χ0v) is 9.35. The molecule has 3 rings (SSSR count). The summed E-state index contributed by atoms with van der Waals surface area (Å²) in [7, 11) is 0. The molecule has 84 valence electrons. The van der Waals surface area contributed by atoms with Crippen molar-refractivity contribution in [3.8, 4) is 17.2 Å². The molecular formula is C12H7ClN2O2. The van der Waals surface area contributed by atoms with Gasteiger partial charge in [0.2, 0.25) is 5.89 Å². The number of rotatable bonds is 1. The van der Waals surface area contributed by atoms with Gasteiger partial charge in [-0.1, -0.05) is 11.6 Å². The van der Waals surface area contributed by atoms with E-state index in [2.05, 4.69) is 9.97 Å². The van der Waals surface area contributed by atoms with Gasteiger partial charge in [-0.05, 0) is 18.2 Å². The van der Waals surface area contributed by atoms with Crippen molar-refractivity contribution >= 4 is 22.7 Å². The Labute approximate surface area is 102 Å². The molecule has 5 heteroatoms. The molecule has 0 fully saturated rings. The molecule has 0 amide bonds. The number of hydrogen-bond donors (Lipinski definition) is 1. The molecule has 0 bridgehead atoms. The fraction of sp³-hybridized carbons (Fsp3) is 0. The van der Waals surface area contributed by atoms with Crippen LogP contribution in [-0.4, -0.2) is 15.1 Å². The van der Waals surface area contributed by atoms with Crippen molar-refractivity contribution in [3.05, 3.63) is 41.7 Å². The molecule has 0 spiro atoms. The Morgan fingerprint density at radius 3 is 2.71 bits per heavy atom. The van der Waals surface area contributed by atoms with Crippen LogP contribution in [0.25, 0.3) is 22.6 Å². The molecule has 0 saturated carbocycles. The summed E-state index contributed by atoms with van der Waals surface area (Å²) in [6, 6.07) is 6.62. The van der Waals surface area contributed by atoms with Crippen LogP contribution in [0, 0.1) is 0 Å². The van der Waals surface area contributed by atoms with Crippen LogP contribution in [0.3, 0.4) is 0 Å². The number of oxazole rings is 1. The molecule has 17 heavy (non-hydrogen) atoms. The van der Waals surface area contributed by atoms with Crippen molar-refractivity contribution in [2.24, 2.45) is 0 Å². The maximum absolute atomic E-state index is 9.47. The van der Waals surface area contributed by atoms with E-state index in [4.69, 9.17) is 16.0 Å². The lowest BCUT2D eigenvalue weighted by Crippen LogP contribution is -1.76. The Hall–Kier alpha value is -2.07. The number of aromatic hydroxyl groups is 1. The maximum Gasteiger partial charge on any atom is 0.227 e. The molecule has 0 aliphatic heterocycles. The van der Waals surface area contributed by atoms with Crippen molar-refractivity contribution in [2.45, 2.75) is 0 Å². The minimum Gasteiger partial charge on any atom is -0.506 e. The van der Waals surface area contributed by atoms with Crippen LogP contribution in [0.4, 0.5) is 0 Å². The van der Waals surface area contributed by atoms with E-state index >= 15 is 0 Å². The van der Waals surface area contributed by atoms with Crippen LogP contribution >= 0.6 is 11.6 Å². The Balaban J connectivity index is 2.21. The minimum absolute atomic E-state index is 0.0170. The SMILES string of the molecule is Oc1cc2oc(-c3ccncc3)nc2cc1Cl. The molecule has 0 atom stereocenters. The largest absolute Gasteiger partial charge is 0.506 e. The number of nitrogens with zero attached hydrogens (tertiary/aromatic N) is 2. The molecule has 2 aromatic heterocycles. The van der Waals surface area contributed by atoms with E-state index in [1.54, 1.807) is 30.6 Å². The smallest absolute Gasteiger partial charge is 0.227 e. The van der Waals surface area contributed by atoms with Crippen LogP contribution in [0.5, 0.6) is 5.75 Å². The van der Waals surface area contributed by atoms with Gasteiger partial charge >= 0.3 is 0 Å². The van der Waals surface area contributed by atoms with E-state index in [1.165, 1.54) is 6.07 Å². The lowest BCUT2D eigenvalue weighted by Gasteiger charge is -1.93. The first-order valence-electron chi connectivity index (χ1n) is 4.93. The van der Waals surface area contributed by atoms with Crippen molar-refractivity contribution in [1.82, 2.24) is 9.97 Å². The number of halogens is 1. The highest BCUT2D eigenvalue weighted by Gasteiger charge is 2.10. The summed E-state index contributed by atoms with van der Waals surface area (Å²) in [6.07, 6.45) is 3.32. The van der Waals surface area contributed by atoms with Crippen LogP contribution < -0.4 is 0 Å². The molecule has 0 saturated heterocycles. The van der Waals surface area contributed by atoms with Gasteiger partial charge in [-0.3, -0.25) is 4.98 Å². The second kappa shape index (κ2) is 3.75. The second-order valence-corrected chi connectivity index (χ2v) is 3.93. The average molecular weight is 247 g/mol. The highest BCUT2D eigenvalue weighted by Crippen LogP contribution is 2.31. The summed E-state index contributed by atoms with van der Waals surface area (Å²) < 4.78 is 5.53. The molecule has 0 unspecified atom stereocenters. The number of fused-ring (bicyclic) bond motifs is 1. The predicted octanol–water partition coefficient (Wildman–Crippen LogP) is 3.25. The van der Waals surface area contributed by atoms with Crippen molar-refractivity contribution in [2.75, 3.05) is 0 Å². The van der Waals surface area contributed by atoms with Crippen LogP contribution in [0.15, 0.2) is 41.1 Å². The summed E-state index contributed by atoms with van der Waals surface area (Å²) >= 11 is 5.80. The van der Waals surface area contributed by atoms with E-state index < -0.39 is 0 Å². The molecule has 0 aliphatic carbocycles. The monoisotopic (exact) mass is 246 g/mol. The third kappa shape index (κ3) is 1.72.